The summed E-state index contributed by atoms with van der Waals surface area (Å²) >= 11 is 0. The number of aryl methyl sites for hydroxylation is 1. The van der Waals surface area contributed by atoms with Crippen molar-refractivity contribution in [1.82, 2.24) is 5.32 Å². The van der Waals surface area contributed by atoms with Crippen LogP contribution in [0.5, 0.6) is 0 Å². The SMILES string of the molecule is Cc1cccc(C(C)C)c1NC(=O)NCCCC(=O)OC(C)(C)C. The predicted molar refractivity (Wildman–Crippen MR) is 97.4 cm³/mol. The van der Waals surface area contributed by atoms with Crippen LogP contribution in [0.1, 0.15) is 64.5 Å². The Morgan fingerprint density at radius 2 is 1.88 bits per heavy atom. The van der Waals surface area contributed by atoms with Crippen LogP contribution in [0.2, 0.25) is 0 Å². The van der Waals surface area contributed by atoms with Gasteiger partial charge in [-0.15, -0.1) is 0 Å². The van der Waals surface area contributed by atoms with Gasteiger partial charge in [0.1, 0.15) is 5.60 Å². The number of carbonyl (C=O) groups is 2. The highest BCUT2D eigenvalue weighted by Gasteiger charge is 2.16. The van der Waals surface area contributed by atoms with Gasteiger partial charge < -0.3 is 15.4 Å². The zero-order valence-corrected chi connectivity index (χ0v) is 15.7. The van der Waals surface area contributed by atoms with Crippen LogP contribution in [0.3, 0.4) is 0 Å². The van der Waals surface area contributed by atoms with Gasteiger partial charge in [-0.05, 0) is 51.2 Å². The second-order valence-electron chi connectivity index (χ2n) is 7.26. The molecule has 0 unspecified atom stereocenters. The Kier molecular flexibility index (Phi) is 7.26. The van der Waals surface area contributed by atoms with Gasteiger partial charge in [-0.1, -0.05) is 32.0 Å². The van der Waals surface area contributed by atoms with Crippen LogP contribution >= 0.6 is 0 Å². The maximum Gasteiger partial charge on any atom is 0.319 e. The van der Waals surface area contributed by atoms with Crippen molar-refractivity contribution in [2.24, 2.45) is 0 Å². The first-order valence-electron chi connectivity index (χ1n) is 8.46. The Hall–Kier alpha value is -2.04. The van der Waals surface area contributed by atoms with Crippen LogP contribution in [0, 0.1) is 6.92 Å². The van der Waals surface area contributed by atoms with Gasteiger partial charge in [0.15, 0.2) is 0 Å². The van der Waals surface area contributed by atoms with Crippen LogP contribution in [0.25, 0.3) is 0 Å². The number of hydrogen-bond donors (Lipinski definition) is 2. The number of para-hydroxylation sites is 1. The van der Waals surface area contributed by atoms with Crippen molar-refractivity contribution in [1.29, 1.82) is 0 Å². The fraction of sp³-hybridized carbons (Fsp3) is 0.579. The van der Waals surface area contributed by atoms with Crippen molar-refractivity contribution >= 4 is 17.7 Å². The topological polar surface area (TPSA) is 67.4 Å². The average molecular weight is 334 g/mol. The molecule has 1 aromatic carbocycles. The number of hydrogen-bond acceptors (Lipinski definition) is 3. The Bertz CT molecular complexity index is 574. The summed E-state index contributed by atoms with van der Waals surface area (Å²) in [6, 6.07) is 5.74. The summed E-state index contributed by atoms with van der Waals surface area (Å²) < 4.78 is 5.23. The van der Waals surface area contributed by atoms with Gasteiger partial charge in [0.2, 0.25) is 0 Å². The third kappa shape index (κ3) is 7.02. The molecule has 2 amide bonds. The van der Waals surface area contributed by atoms with E-state index >= 15 is 0 Å². The normalized spacial score (nSPS) is 11.3. The lowest BCUT2D eigenvalue weighted by Crippen LogP contribution is -2.31. The molecule has 0 saturated carbocycles. The van der Waals surface area contributed by atoms with Gasteiger partial charge in [-0.25, -0.2) is 4.79 Å². The maximum absolute atomic E-state index is 12.1. The monoisotopic (exact) mass is 334 g/mol. The zero-order chi connectivity index (χ0) is 18.3. The molecule has 24 heavy (non-hydrogen) atoms. The van der Waals surface area contributed by atoms with E-state index in [1.807, 2.05) is 45.9 Å². The summed E-state index contributed by atoms with van der Waals surface area (Å²) in [5.41, 5.74) is 2.53. The summed E-state index contributed by atoms with van der Waals surface area (Å²) in [5, 5.41) is 5.71. The van der Waals surface area contributed by atoms with E-state index in [0.717, 1.165) is 16.8 Å². The minimum atomic E-state index is -0.472. The minimum Gasteiger partial charge on any atom is -0.460 e. The number of carbonyl (C=O) groups excluding carboxylic acids is 2. The van der Waals surface area contributed by atoms with Crippen molar-refractivity contribution in [2.45, 2.75) is 65.9 Å². The first-order chi connectivity index (χ1) is 11.1. The Morgan fingerprint density at radius 3 is 2.46 bits per heavy atom. The highest BCUT2D eigenvalue weighted by Crippen LogP contribution is 2.27. The van der Waals surface area contributed by atoms with Crippen molar-refractivity contribution in [2.75, 3.05) is 11.9 Å². The predicted octanol–water partition coefficient (Wildman–Crippen LogP) is 4.36. The fourth-order valence-electron chi connectivity index (χ4n) is 2.33. The van der Waals surface area contributed by atoms with Crippen molar-refractivity contribution in [3.05, 3.63) is 29.3 Å². The molecule has 0 fully saturated rings. The quantitative estimate of drug-likeness (QED) is 0.600. The summed E-state index contributed by atoms with van der Waals surface area (Å²) in [4.78, 5) is 23.7. The van der Waals surface area contributed by atoms with Gasteiger partial charge in [-0.2, -0.15) is 0 Å². The largest absolute Gasteiger partial charge is 0.460 e. The number of ether oxygens (including phenoxy) is 1. The first kappa shape index (κ1) is 20.0. The van der Waals surface area contributed by atoms with E-state index in [-0.39, 0.29) is 12.0 Å². The molecule has 0 aliphatic carbocycles. The lowest BCUT2D eigenvalue weighted by Gasteiger charge is -2.19. The maximum atomic E-state index is 12.1. The number of rotatable bonds is 6. The molecule has 0 radical (unpaired) electrons. The fourth-order valence-corrected chi connectivity index (χ4v) is 2.33. The summed E-state index contributed by atoms with van der Waals surface area (Å²) in [6.45, 7) is 12.1. The van der Waals surface area contributed by atoms with Gasteiger partial charge in [0.25, 0.3) is 0 Å². The van der Waals surface area contributed by atoms with Crippen molar-refractivity contribution < 1.29 is 14.3 Å². The van der Waals surface area contributed by atoms with Gasteiger partial charge >= 0.3 is 12.0 Å². The minimum absolute atomic E-state index is 0.245. The molecule has 0 spiro atoms. The zero-order valence-electron chi connectivity index (χ0n) is 15.7. The van der Waals surface area contributed by atoms with Crippen LogP contribution in [-0.4, -0.2) is 24.1 Å². The van der Waals surface area contributed by atoms with Crippen LogP contribution in [0.4, 0.5) is 10.5 Å². The first-order valence-corrected chi connectivity index (χ1v) is 8.46. The van der Waals surface area contributed by atoms with E-state index in [2.05, 4.69) is 24.5 Å². The molecule has 5 nitrogen and oxygen atoms in total. The van der Waals surface area contributed by atoms with E-state index in [1.54, 1.807) is 0 Å². The van der Waals surface area contributed by atoms with E-state index < -0.39 is 5.60 Å². The molecular weight excluding hydrogens is 304 g/mol. The van der Waals surface area contributed by atoms with Crippen LogP contribution in [0.15, 0.2) is 18.2 Å². The summed E-state index contributed by atoms with van der Waals surface area (Å²) in [5.74, 6) is 0.0816. The molecular formula is C19H30N2O3. The van der Waals surface area contributed by atoms with Crippen LogP contribution < -0.4 is 10.6 Å². The van der Waals surface area contributed by atoms with E-state index in [1.165, 1.54) is 0 Å². The number of nitrogens with one attached hydrogen (secondary N) is 2. The number of anilines is 1. The average Bonchev–Trinajstić information content (AvgIpc) is 2.43. The van der Waals surface area contributed by atoms with Crippen molar-refractivity contribution in [3.63, 3.8) is 0 Å². The van der Waals surface area contributed by atoms with Gasteiger partial charge in [0.05, 0.1) is 0 Å². The molecule has 0 aliphatic rings. The number of esters is 1. The number of benzene rings is 1. The van der Waals surface area contributed by atoms with Crippen molar-refractivity contribution in [3.8, 4) is 0 Å². The molecule has 2 N–H and O–H groups in total. The molecule has 0 aliphatic heterocycles. The third-order valence-corrected chi connectivity index (χ3v) is 3.43. The second-order valence-corrected chi connectivity index (χ2v) is 7.26. The molecule has 134 valence electrons. The standard InChI is InChI=1S/C19H30N2O3/c1-13(2)15-10-7-9-14(3)17(15)21-18(23)20-12-8-11-16(22)24-19(4,5)6/h7,9-10,13H,8,11-12H2,1-6H3,(H2,20,21,23). The Labute approximate surface area is 145 Å². The highest BCUT2D eigenvalue weighted by molar-refractivity contribution is 5.91. The highest BCUT2D eigenvalue weighted by atomic mass is 16.6. The Morgan fingerprint density at radius 1 is 1.21 bits per heavy atom. The number of amides is 2. The molecule has 0 aromatic heterocycles. The van der Waals surface area contributed by atoms with E-state index in [9.17, 15) is 9.59 Å². The Balaban J connectivity index is 2.44. The molecule has 5 heteroatoms. The summed E-state index contributed by atoms with van der Waals surface area (Å²) in [6.07, 6.45) is 0.840. The van der Waals surface area contributed by atoms with E-state index in [0.29, 0.717) is 25.3 Å². The lowest BCUT2D eigenvalue weighted by molar-refractivity contribution is -0.154. The molecule has 0 atom stereocenters. The number of urea groups is 1. The molecule has 1 aromatic rings. The second kappa shape index (κ2) is 8.71. The molecule has 0 heterocycles. The van der Waals surface area contributed by atoms with Gasteiger partial charge in [-0.3, -0.25) is 4.79 Å². The lowest BCUT2D eigenvalue weighted by atomic mass is 9.98. The van der Waals surface area contributed by atoms with Gasteiger partial charge in [0, 0.05) is 18.7 Å². The molecule has 1 rings (SSSR count). The molecule has 0 saturated heterocycles. The molecule has 0 bridgehead atoms. The smallest absolute Gasteiger partial charge is 0.319 e. The van der Waals surface area contributed by atoms with Crippen LogP contribution in [-0.2, 0) is 9.53 Å². The summed E-state index contributed by atoms with van der Waals surface area (Å²) in [7, 11) is 0. The van der Waals surface area contributed by atoms with E-state index in [4.69, 9.17) is 4.74 Å². The third-order valence-electron chi connectivity index (χ3n) is 3.43.